The number of ether oxygens (including phenoxy) is 1. The van der Waals surface area contributed by atoms with Crippen LogP contribution < -0.4 is 10.1 Å². The van der Waals surface area contributed by atoms with Crippen molar-refractivity contribution >= 4 is 27.8 Å². The number of fused-ring (bicyclic) bond motifs is 1. The highest BCUT2D eigenvalue weighted by molar-refractivity contribution is 7.14. The summed E-state index contributed by atoms with van der Waals surface area (Å²) >= 11 is 0.712. The zero-order valence-corrected chi connectivity index (χ0v) is 19.9. The Morgan fingerprint density at radius 2 is 1.86 bits per heavy atom. The minimum atomic E-state index is -4.60. The molecule has 186 valence electrons. The molecule has 3 aromatic heterocycles. The van der Waals surface area contributed by atoms with Crippen LogP contribution in [-0.4, -0.2) is 26.2 Å². The third-order valence-electron chi connectivity index (χ3n) is 5.44. The summed E-state index contributed by atoms with van der Waals surface area (Å²) in [4.78, 5) is 4.24. The fourth-order valence-corrected chi connectivity index (χ4v) is 4.38. The monoisotopic (exact) mass is 507 g/mol. The first-order valence-corrected chi connectivity index (χ1v) is 12.2. The van der Waals surface area contributed by atoms with Crippen molar-refractivity contribution in [1.29, 1.82) is 0 Å². The summed E-state index contributed by atoms with van der Waals surface area (Å²) in [5.41, 5.74) is 0.431. The van der Waals surface area contributed by atoms with Gasteiger partial charge in [0.1, 0.15) is 17.8 Å². The molecular formula is C24H25F4N5OS. The number of alkyl halides is 3. The van der Waals surface area contributed by atoms with Gasteiger partial charge in [0.2, 0.25) is 5.13 Å². The normalized spacial score (nSPS) is 11.8. The van der Waals surface area contributed by atoms with E-state index in [-0.39, 0.29) is 28.9 Å². The molecule has 3 heterocycles. The highest BCUT2D eigenvalue weighted by atomic mass is 32.1. The van der Waals surface area contributed by atoms with E-state index in [1.54, 1.807) is 22.7 Å². The van der Waals surface area contributed by atoms with Crippen molar-refractivity contribution in [2.45, 2.75) is 51.6 Å². The van der Waals surface area contributed by atoms with Gasteiger partial charge in [-0.2, -0.15) is 17.6 Å². The maximum absolute atomic E-state index is 14.6. The van der Waals surface area contributed by atoms with Crippen LogP contribution in [0, 0.1) is 5.13 Å². The van der Waals surface area contributed by atoms with Crippen molar-refractivity contribution in [3.63, 3.8) is 0 Å². The van der Waals surface area contributed by atoms with Gasteiger partial charge >= 0.3 is 6.18 Å². The minimum absolute atomic E-state index is 0.0861. The van der Waals surface area contributed by atoms with Crippen LogP contribution in [0.5, 0.6) is 5.75 Å². The molecule has 1 N–H and O–H groups in total. The van der Waals surface area contributed by atoms with E-state index < -0.39 is 16.9 Å². The summed E-state index contributed by atoms with van der Waals surface area (Å²) in [6, 6.07) is 7.04. The van der Waals surface area contributed by atoms with E-state index in [4.69, 9.17) is 4.74 Å². The van der Waals surface area contributed by atoms with Gasteiger partial charge in [0.05, 0.1) is 12.2 Å². The third-order valence-corrected chi connectivity index (χ3v) is 6.20. The van der Waals surface area contributed by atoms with Crippen molar-refractivity contribution in [1.82, 2.24) is 19.6 Å². The molecule has 0 unspecified atom stereocenters. The lowest BCUT2D eigenvalue weighted by Gasteiger charge is -2.15. The number of rotatable bonds is 11. The maximum Gasteiger partial charge on any atom is 0.420 e. The van der Waals surface area contributed by atoms with Crippen LogP contribution in [0.15, 0.2) is 42.9 Å². The van der Waals surface area contributed by atoms with Crippen molar-refractivity contribution in [2.24, 2.45) is 0 Å². The maximum atomic E-state index is 14.6. The second-order valence-corrected chi connectivity index (χ2v) is 9.05. The second kappa shape index (κ2) is 11.0. The summed E-state index contributed by atoms with van der Waals surface area (Å²) in [5.74, 6) is -0.218. The largest absolute Gasteiger partial charge is 0.493 e. The number of aromatic nitrogens is 4. The van der Waals surface area contributed by atoms with Crippen LogP contribution in [0.3, 0.4) is 0 Å². The molecule has 0 bridgehead atoms. The lowest BCUT2D eigenvalue weighted by atomic mass is 10.1. The topological polar surface area (TPSA) is 64.3 Å². The molecule has 11 heteroatoms. The molecule has 0 aliphatic carbocycles. The predicted molar refractivity (Wildman–Crippen MR) is 128 cm³/mol. The molecule has 6 nitrogen and oxygen atoms in total. The SMILES string of the molecule is CCCCCCCCOc1ccc(Nc2nc(-c3ccc4nncn4c3)c(F)s2)cc1C(F)(F)F. The molecule has 0 spiro atoms. The van der Waals surface area contributed by atoms with Crippen molar-refractivity contribution in [3.8, 4) is 17.0 Å². The summed E-state index contributed by atoms with van der Waals surface area (Å²) < 4.78 is 62.7. The summed E-state index contributed by atoms with van der Waals surface area (Å²) in [6.07, 6.45) is 4.61. The Morgan fingerprint density at radius 3 is 2.66 bits per heavy atom. The van der Waals surface area contributed by atoms with Crippen molar-refractivity contribution < 1.29 is 22.3 Å². The Morgan fingerprint density at radius 1 is 1.06 bits per heavy atom. The first-order chi connectivity index (χ1) is 16.8. The summed E-state index contributed by atoms with van der Waals surface area (Å²) in [5, 5.41) is 10.0. The van der Waals surface area contributed by atoms with Gasteiger partial charge in [0.15, 0.2) is 10.8 Å². The smallest absolute Gasteiger partial charge is 0.420 e. The minimum Gasteiger partial charge on any atom is -0.493 e. The van der Waals surface area contributed by atoms with Crippen molar-refractivity contribution in [3.05, 3.63) is 53.6 Å². The van der Waals surface area contributed by atoms with E-state index in [9.17, 15) is 17.6 Å². The van der Waals surface area contributed by atoms with E-state index in [1.165, 1.54) is 18.5 Å². The Labute approximate surface area is 204 Å². The molecule has 0 amide bonds. The second-order valence-electron chi connectivity index (χ2n) is 8.11. The van der Waals surface area contributed by atoms with Crippen LogP contribution in [0.2, 0.25) is 0 Å². The number of pyridine rings is 1. The number of halogens is 4. The molecule has 1 aromatic carbocycles. The van der Waals surface area contributed by atoms with E-state index in [2.05, 4.69) is 27.4 Å². The van der Waals surface area contributed by atoms with Crippen LogP contribution in [0.1, 0.15) is 51.0 Å². The summed E-state index contributed by atoms with van der Waals surface area (Å²) in [7, 11) is 0. The van der Waals surface area contributed by atoms with Crippen molar-refractivity contribution in [2.75, 3.05) is 11.9 Å². The number of hydrogen-bond acceptors (Lipinski definition) is 6. The van der Waals surface area contributed by atoms with Crippen LogP contribution in [0.25, 0.3) is 16.9 Å². The number of nitrogens with zero attached hydrogens (tertiary/aromatic N) is 4. The zero-order chi connectivity index (χ0) is 24.8. The number of nitrogens with one attached hydrogen (secondary N) is 1. The molecule has 0 aliphatic heterocycles. The molecular weight excluding hydrogens is 482 g/mol. The molecule has 0 saturated carbocycles. The van der Waals surface area contributed by atoms with Gasteiger partial charge in [-0.15, -0.1) is 10.2 Å². The Kier molecular flexibility index (Phi) is 7.84. The Bertz CT molecular complexity index is 1270. The van der Waals surface area contributed by atoms with E-state index in [0.717, 1.165) is 38.2 Å². The van der Waals surface area contributed by atoms with Gasteiger partial charge in [-0.25, -0.2) is 4.98 Å². The van der Waals surface area contributed by atoms with E-state index in [1.807, 2.05) is 0 Å². The van der Waals surface area contributed by atoms with Gasteiger partial charge in [0, 0.05) is 17.4 Å². The highest BCUT2D eigenvalue weighted by Gasteiger charge is 2.35. The van der Waals surface area contributed by atoms with Crippen LogP contribution >= 0.6 is 11.3 Å². The molecule has 0 atom stereocenters. The van der Waals surface area contributed by atoms with Gasteiger partial charge in [-0.05, 0) is 36.8 Å². The number of unbranched alkanes of at least 4 members (excludes halogenated alkanes) is 5. The average Bonchev–Trinajstić information content (AvgIpc) is 3.44. The standard InChI is InChI=1S/C24H25F4N5OS/c1-2-3-4-5-6-7-12-34-19-10-9-17(13-18(19)24(26,27)28)30-23-31-21(22(25)35-23)16-8-11-20-32-29-15-33(20)14-16/h8-11,13-15H,2-7,12H2,1H3,(H,30,31). The number of benzene rings is 1. The zero-order valence-electron chi connectivity index (χ0n) is 19.1. The predicted octanol–water partition coefficient (Wildman–Crippen LogP) is 7.49. The summed E-state index contributed by atoms with van der Waals surface area (Å²) in [6.45, 7) is 2.35. The Balaban J connectivity index is 1.46. The van der Waals surface area contributed by atoms with Crippen LogP contribution in [-0.2, 0) is 6.18 Å². The van der Waals surface area contributed by atoms with Gasteiger partial charge in [-0.3, -0.25) is 4.40 Å². The first kappa shape index (κ1) is 24.9. The van der Waals surface area contributed by atoms with Gasteiger partial charge < -0.3 is 10.1 Å². The number of hydrogen-bond donors (Lipinski definition) is 1. The lowest BCUT2D eigenvalue weighted by molar-refractivity contribution is -0.138. The third kappa shape index (κ3) is 6.27. The van der Waals surface area contributed by atoms with Gasteiger partial charge in [0.25, 0.3) is 0 Å². The molecule has 4 rings (SSSR count). The first-order valence-electron chi connectivity index (χ1n) is 11.4. The van der Waals surface area contributed by atoms with E-state index in [0.29, 0.717) is 29.0 Å². The fourth-order valence-electron chi connectivity index (χ4n) is 3.64. The lowest BCUT2D eigenvalue weighted by Crippen LogP contribution is -2.10. The molecule has 0 aliphatic rings. The number of anilines is 2. The Hall–Kier alpha value is -3.21. The molecule has 4 aromatic rings. The van der Waals surface area contributed by atoms with E-state index >= 15 is 0 Å². The fraction of sp³-hybridized carbons (Fsp3) is 0.375. The average molecular weight is 508 g/mol. The molecule has 0 radical (unpaired) electrons. The highest BCUT2D eigenvalue weighted by Crippen LogP contribution is 2.39. The molecule has 0 saturated heterocycles. The number of thiazole rings is 1. The van der Waals surface area contributed by atoms with Crippen LogP contribution in [0.4, 0.5) is 28.4 Å². The van der Waals surface area contributed by atoms with Gasteiger partial charge in [-0.1, -0.05) is 50.4 Å². The quantitative estimate of drug-likeness (QED) is 0.168. The molecule has 0 fully saturated rings. The molecule has 35 heavy (non-hydrogen) atoms.